The number of nitriles is 2. The molecular formula is C21H20N2. The topological polar surface area (TPSA) is 47.6 Å². The maximum absolute atomic E-state index is 9.84. The maximum atomic E-state index is 9.84. The van der Waals surface area contributed by atoms with Crippen LogP contribution in [-0.4, -0.2) is 0 Å². The Balaban J connectivity index is 2.44. The van der Waals surface area contributed by atoms with Crippen molar-refractivity contribution in [1.82, 2.24) is 0 Å². The zero-order valence-electron chi connectivity index (χ0n) is 13.4. The van der Waals surface area contributed by atoms with Crippen LogP contribution in [0.25, 0.3) is 0 Å². The standard InChI is InChI=1S/C21H20N2/c1-3-7-20(19-8-5-4-6-9-19)21(15-22,16-23)14-18-12-10-17(2)11-13-18/h3-6,8-13,20H,1,7,14H2,2H3. The fourth-order valence-electron chi connectivity index (χ4n) is 2.88. The highest BCUT2D eigenvalue weighted by molar-refractivity contribution is 5.35. The van der Waals surface area contributed by atoms with E-state index in [4.69, 9.17) is 0 Å². The van der Waals surface area contributed by atoms with Crippen LogP contribution in [0.3, 0.4) is 0 Å². The van der Waals surface area contributed by atoms with Crippen molar-refractivity contribution < 1.29 is 0 Å². The summed E-state index contributed by atoms with van der Waals surface area (Å²) in [5.74, 6) is -0.197. The normalized spacial score (nSPS) is 12.0. The average Bonchev–Trinajstić information content (AvgIpc) is 2.60. The van der Waals surface area contributed by atoms with Gasteiger partial charge in [0, 0.05) is 12.3 Å². The predicted molar refractivity (Wildman–Crippen MR) is 92.5 cm³/mol. The second-order valence-electron chi connectivity index (χ2n) is 5.84. The number of benzene rings is 2. The van der Waals surface area contributed by atoms with E-state index in [1.807, 2.05) is 61.5 Å². The van der Waals surface area contributed by atoms with Gasteiger partial charge in [0.15, 0.2) is 5.41 Å². The molecule has 0 aliphatic heterocycles. The Kier molecular flexibility index (Phi) is 5.34. The lowest BCUT2D eigenvalue weighted by Gasteiger charge is -2.29. The maximum Gasteiger partial charge on any atom is 0.154 e. The number of aryl methyl sites for hydroxylation is 1. The molecule has 2 nitrogen and oxygen atoms in total. The second-order valence-corrected chi connectivity index (χ2v) is 5.84. The number of rotatable bonds is 6. The molecule has 1 unspecified atom stereocenters. The van der Waals surface area contributed by atoms with Gasteiger partial charge in [0.25, 0.3) is 0 Å². The average molecular weight is 300 g/mol. The molecule has 2 aromatic carbocycles. The van der Waals surface area contributed by atoms with Gasteiger partial charge in [-0.25, -0.2) is 0 Å². The van der Waals surface area contributed by atoms with Gasteiger partial charge in [-0.1, -0.05) is 66.2 Å². The van der Waals surface area contributed by atoms with Crippen molar-refractivity contribution in [3.63, 3.8) is 0 Å². The molecule has 2 heteroatoms. The van der Waals surface area contributed by atoms with E-state index in [2.05, 4.69) is 18.7 Å². The van der Waals surface area contributed by atoms with Crippen LogP contribution in [0.5, 0.6) is 0 Å². The molecule has 0 amide bonds. The van der Waals surface area contributed by atoms with Crippen LogP contribution in [0.1, 0.15) is 29.0 Å². The molecule has 0 fully saturated rings. The summed E-state index contributed by atoms with van der Waals surface area (Å²) >= 11 is 0. The van der Waals surface area contributed by atoms with Gasteiger partial charge in [0.05, 0.1) is 12.1 Å². The van der Waals surface area contributed by atoms with Gasteiger partial charge in [0.2, 0.25) is 0 Å². The van der Waals surface area contributed by atoms with Crippen LogP contribution >= 0.6 is 0 Å². The first-order valence-electron chi connectivity index (χ1n) is 7.69. The van der Waals surface area contributed by atoms with Crippen LogP contribution < -0.4 is 0 Å². The molecule has 2 aromatic rings. The molecular weight excluding hydrogens is 280 g/mol. The van der Waals surface area contributed by atoms with Crippen molar-refractivity contribution in [2.75, 3.05) is 0 Å². The number of nitrogens with zero attached hydrogens (tertiary/aromatic N) is 2. The second kappa shape index (κ2) is 7.43. The first-order chi connectivity index (χ1) is 11.1. The molecule has 0 aliphatic carbocycles. The highest BCUT2D eigenvalue weighted by atomic mass is 14.5. The molecule has 0 N–H and O–H groups in total. The highest BCUT2D eigenvalue weighted by Crippen LogP contribution is 2.41. The largest absolute Gasteiger partial charge is 0.197 e. The molecule has 0 bridgehead atoms. The van der Waals surface area contributed by atoms with Crippen LogP contribution in [0.2, 0.25) is 0 Å². The molecule has 0 spiro atoms. The summed E-state index contributed by atoms with van der Waals surface area (Å²) in [6.45, 7) is 5.83. The Morgan fingerprint density at radius 1 is 1.04 bits per heavy atom. The van der Waals surface area contributed by atoms with Crippen molar-refractivity contribution in [3.8, 4) is 12.1 Å². The minimum absolute atomic E-state index is 0.197. The Morgan fingerprint density at radius 2 is 1.65 bits per heavy atom. The minimum Gasteiger partial charge on any atom is -0.197 e. The van der Waals surface area contributed by atoms with E-state index in [1.165, 1.54) is 5.56 Å². The molecule has 0 heterocycles. The van der Waals surface area contributed by atoms with Crippen LogP contribution in [0.4, 0.5) is 0 Å². The molecule has 114 valence electrons. The van der Waals surface area contributed by atoms with E-state index in [1.54, 1.807) is 6.08 Å². The van der Waals surface area contributed by atoms with Crippen molar-refractivity contribution in [2.45, 2.75) is 25.7 Å². The molecule has 1 atom stereocenters. The fraction of sp³-hybridized carbons (Fsp3) is 0.238. The van der Waals surface area contributed by atoms with Gasteiger partial charge >= 0.3 is 0 Å². The van der Waals surface area contributed by atoms with Crippen molar-refractivity contribution in [2.24, 2.45) is 5.41 Å². The summed E-state index contributed by atoms with van der Waals surface area (Å²) in [5.41, 5.74) is 2.07. The lowest BCUT2D eigenvalue weighted by atomic mass is 9.69. The number of hydrogen-bond donors (Lipinski definition) is 0. The van der Waals surface area contributed by atoms with Gasteiger partial charge in [-0.05, 0) is 24.5 Å². The van der Waals surface area contributed by atoms with Crippen LogP contribution in [0, 0.1) is 35.0 Å². The van der Waals surface area contributed by atoms with Crippen molar-refractivity contribution in [1.29, 1.82) is 10.5 Å². The quantitative estimate of drug-likeness (QED) is 0.710. The molecule has 0 aliphatic rings. The SMILES string of the molecule is C=CCC(c1ccccc1)C(C#N)(C#N)Cc1ccc(C)cc1. The summed E-state index contributed by atoms with van der Waals surface area (Å²) in [5, 5.41) is 19.7. The fourth-order valence-corrected chi connectivity index (χ4v) is 2.88. The molecule has 0 saturated carbocycles. The Morgan fingerprint density at radius 3 is 2.17 bits per heavy atom. The summed E-state index contributed by atoms with van der Waals surface area (Å²) in [7, 11) is 0. The Labute approximate surface area is 138 Å². The van der Waals surface area contributed by atoms with E-state index in [-0.39, 0.29) is 5.92 Å². The minimum atomic E-state index is -1.11. The van der Waals surface area contributed by atoms with E-state index >= 15 is 0 Å². The smallest absolute Gasteiger partial charge is 0.154 e. The molecule has 23 heavy (non-hydrogen) atoms. The zero-order valence-corrected chi connectivity index (χ0v) is 13.4. The Hall–Kier alpha value is -2.84. The van der Waals surface area contributed by atoms with E-state index < -0.39 is 5.41 Å². The first-order valence-corrected chi connectivity index (χ1v) is 7.69. The number of allylic oxidation sites excluding steroid dienone is 1. The third kappa shape index (κ3) is 3.68. The number of hydrogen-bond acceptors (Lipinski definition) is 2. The van der Waals surface area contributed by atoms with Crippen LogP contribution in [0.15, 0.2) is 67.3 Å². The summed E-state index contributed by atoms with van der Waals surface area (Å²) < 4.78 is 0. The van der Waals surface area contributed by atoms with E-state index in [9.17, 15) is 10.5 Å². The van der Waals surface area contributed by atoms with Crippen molar-refractivity contribution in [3.05, 3.63) is 83.9 Å². The third-order valence-corrected chi connectivity index (χ3v) is 4.20. The summed E-state index contributed by atoms with van der Waals surface area (Å²) in [4.78, 5) is 0. The van der Waals surface area contributed by atoms with Gasteiger partial charge in [0.1, 0.15) is 0 Å². The zero-order chi connectivity index (χ0) is 16.7. The van der Waals surface area contributed by atoms with E-state index in [0.29, 0.717) is 12.8 Å². The first kappa shape index (κ1) is 16.5. The lowest BCUT2D eigenvalue weighted by Crippen LogP contribution is -2.28. The molecule has 0 saturated heterocycles. The molecule has 0 radical (unpaired) electrons. The predicted octanol–water partition coefficient (Wildman–Crippen LogP) is 4.93. The van der Waals surface area contributed by atoms with Gasteiger partial charge in [-0.2, -0.15) is 10.5 Å². The van der Waals surface area contributed by atoms with Crippen LogP contribution in [-0.2, 0) is 6.42 Å². The third-order valence-electron chi connectivity index (χ3n) is 4.20. The molecule has 2 rings (SSSR count). The van der Waals surface area contributed by atoms with Gasteiger partial charge in [-0.15, -0.1) is 6.58 Å². The monoisotopic (exact) mass is 300 g/mol. The Bertz CT molecular complexity index is 716. The highest BCUT2D eigenvalue weighted by Gasteiger charge is 2.40. The van der Waals surface area contributed by atoms with Gasteiger partial charge in [-0.3, -0.25) is 0 Å². The summed E-state index contributed by atoms with van der Waals surface area (Å²) in [6.07, 6.45) is 2.79. The van der Waals surface area contributed by atoms with Crippen molar-refractivity contribution >= 4 is 0 Å². The molecule has 0 aromatic heterocycles. The lowest BCUT2D eigenvalue weighted by molar-refractivity contribution is 0.408. The summed E-state index contributed by atoms with van der Waals surface area (Å²) in [6, 6.07) is 22.4. The van der Waals surface area contributed by atoms with E-state index in [0.717, 1.165) is 11.1 Å². The van der Waals surface area contributed by atoms with Gasteiger partial charge < -0.3 is 0 Å².